The molecule has 1 saturated heterocycles. The zero-order chi connectivity index (χ0) is 58.3. The van der Waals surface area contributed by atoms with Crippen molar-refractivity contribution in [2.45, 2.75) is 195 Å². The lowest BCUT2D eigenvalue weighted by Gasteiger charge is -2.76. The number of benzene rings is 3. The summed E-state index contributed by atoms with van der Waals surface area (Å²) in [4.78, 5) is 30.3. The summed E-state index contributed by atoms with van der Waals surface area (Å²) < 4.78 is 14.6. The Kier molecular flexibility index (Phi) is 12.8. The van der Waals surface area contributed by atoms with Crippen LogP contribution in [0, 0.1) is 110 Å². The van der Waals surface area contributed by atoms with Gasteiger partial charge in [-0.05, 0) is 246 Å². The van der Waals surface area contributed by atoms with Crippen molar-refractivity contribution in [3.05, 3.63) is 130 Å². The van der Waals surface area contributed by atoms with E-state index < -0.39 is 62.4 Å². The maximum Gasteiger partial charge on any atom is 0.331 e. The number of hydrogen-bond donors (Lipinski definition) is 6. The molecule has 12 aliphatic carbocycles. The summed E-state index contributed by atoms with van der Waals surface area (Å²) in [5.41, 5.74) is -2.00. The molecule has 0 radical (unpaired) electrons. The quantitative estimate of drug-likeness (QED) is 0.0627. The number of aliphatic hydroxyl groups is 5. The number of carbonyl (C=O) groups is 2. The maximum atomic E-state index is 16.1. The minimum Gasteiger partial charge on any atom is -0.454 e. The minimum absolute atomic E-state index is 0.0423. The summed E-state index contributed by atoms with van der Waals surface area (Å²) in [7, 11) is 1.94. The van der Waals surface area contributed by atoms with Crippen LogP contribution in [-0.4, -0.2) is 92.6 Å². The van der Waals surface area contributed by atoms with Crippen LogP contribution in [0.3, 0.4) is 0 Å². The van der Waals surface area contributed by atoms with Gasteiger partial charge in [0.05, 0.1) is 42.0 Å². The molecule has 3 aromatic carbocycles. The van der Waals surface area contributed by atoms with Gasteiger partial charge in [0, 0.05) is 58.1 Å². The van der Waals surface area contributed by atoms with E-state index in [1.807, 2.05) is 25.2 Å². The fourth-order valence-corrected chi connectivity index (χ4v) is 26.6. The molecule has 0 amide bonds. The van der Waals surface area contributed by atoms with Gasteiger partial charge in [0.1, 0.15) is 18.0 Å². The minimum atomic E-state index is -1.88. The van der Waals surface area contributed by atoms with E-state index in [0.29, 0.717) is 81.0 Å². The largest absolute Gasteiger partial charge is 0.454 e. The van der Waals surface area contributed by atoms with Gasteiger partial charge < -0.3 is 45.1 Å². The van der Waals surface area contributed by atoms with E-state index in [2.05, 4.69) is 83.9 Å². The van der Waals surface area contributed by atoms with Gasteiger partial charge in [0.25, 0.3) is 0 Å². The van der Waals surface area contributed by atoms with Gasteiger partial charge in [-0.3, -0.25) is 0 Å². The Balaban J connectivity index is 0.866. The smallest absolute Gasteiger partial charge is 0.331 e. The lowest BCUT2D eigenvalue weighted by atomic mass is 9.31. The van der Waals surface area contributed by atoms with E-state index >= 15 is 20.1 Å². The number of carbonyl (C=O) groups excluding carboxylic acids is 2. The lowest BCUT2D eigenvalue weighted by Crippen LogP contribution is -2.83. The van der Waals surface area contributed by atoms with Crippen LogP contribution in [-0.2, 0) is 44.9 Å². The van der Waals surface area contributed by atoms with Crippen LogP contribution in [0.25, 0.3) is 0 Å². The molecule has 10 heteroatoms. The van der Waals surface area contributed by atoms with E-state index in [1.54, 1.807) is 6.08 Å². The summed E-state index contributed by atoms with van der Waals surface area (Å²) in [6, 6.07) is 26.2. The van der Waals surface area contributed by atoms with Crippen LogP contribution in [0.1, 0.15) is 161 Å². The second-order valence-electron chi connectivity index (χ2n) is 31.6. The highest BCUT2D eigenvalue weighted by molar-refractivity contribution is 5.87. The molecule has 454 valence electrons. The van der Waals surface area contributed by atoms with Crippen LogP contribution in [0.2, 0.25) is 0 Å². The molecule has 10 fully saturated rings. The molecule has 3 aromatic rings. The Hall–Kier alpha value is -4.44. The van der Waals surface area contributed by atoms with Crippen molar-refractivity contribution in [3.63, 3.8) is 0 Å². The topological polar surface area (TPSA) is 166 Å². The van der Waals surface area contributed by atoms with Crippen molar-refractivity contribution in [3.8, 4) is 11.8 Å². The van der Waals surface area contributed by atoms with Crippen molar-refractivity contribution >= 4 is 12.3 Å². The molecule has 0 aromatic heterocycles. The number of allylic oxidation sites excluding steroid dienone is 2. The van der Waals surface area contributed by atoms with Crippen molar-refractivity contribution in [2.75, 3.05) is 13.7 Å². The van der Waals surface area contributed by atoms with E-state index in [4.69, 9.17) is 9.47 Å². The fourth-order valence-electron chi connectivity index (χ4n) is 26.6. The first kappa shape index (κ1) is 55.6. The Morgan fingerprint density at radius 1 is 0.767 bits per heavy atom. The first-order chi connectivity index (χ1) is 41.8. The zero-order valence-corrected chi connectivity index (χ0v) is 50.5. The summed E-state index contributed by atoms with van der Waals surface area (Å²) >= 11 is 0. The van der Waals surface area contributed by atoms with Gasteiger partial charge in [-0.2, -0.15) is 0 Å². The highest BCUT2D eigenvalue weighted by atomic mass is 16.5. The van der Waals surface area contributed by atoms with E-state index in [0.717, 1.165) is 80.1 Å². The first-order valence-corrected chi connectivity index (χ1v) is 34.3. The monoisotopic (exact) mass is 1160 g/mol. The van der Waals surface area contributed by atoms with Gasteiger partial charge in [0.2, 0.25) is 0 Å². The molecule has 3 heterocycles. The maximum absolute atomic E-state index is 16.1. The molecular weight excluding hydrogens is 1070 g/mol. The molecular formula is C76H91NO9. The number of rotatable bonds is 5. The van der Waals surface area contributed by atoms with Crippen molar-refractivity contribution in [1.29, 1.82) is 0 Å². The van der Waals surface area contributed by atoms with Crippen LogP contribution in [0.15, 0.2) is 96.6 Å². The Morgan fingerprint density at radius 2 is 1.60 bits per heavy atom. The predicted molar refractivity (Wildman–Crippen MR) is 325 cm³/mol. The van der Waals surface area contributed by atoms with Crippen LogP contribution >= 0.6 is 0 Å². The molecule has 3 aliphatic heterocycles. The van der Waals surface area contributed by atoms with Gasteiger partial charge in [0.15, 0.2) is 0 Å². The number of ether oxygens (including phenoxy) is 2. The number of hydrogen-bond acceptors (Lipinski definition) is 10. The average Bonchev–Trinajstić information content (AvgIpc) is 0.820. The summed E-state index contributed by atoms with van der Waals surface area (Å²) in [5, 5.41) is 73.3. The number of likely N-dealkylation sites (N-methyl/N-ethyl adjacent to an activating group) is 1. The normalized spacial score (nSPS) is 49.6. The molecule has 25 atom stereocenters. The standard InChI is InChI=1S/C76H91NO9/c1-77-65-36-59-48(15-8-17-52(59)40-78)14-5-6-24-71-25-23-66-70(42-79)41-72-54(31-53-30-49(21-22-62(53)72)47-12-3-2-4-13-47)33-57-29-45-11-7-10-44(26-45)27-46-19-20-51(28-46)58-18-9-16-50-32-64(69(72)85-57)76(70,84)56(35-60(50)58)38-74(66,82)75(71,83)39-55-34-61(65)68-63(37-67(81)86-68)73(55,71)43-80/h2-4,7-13,15-17,26,37,42,46,49-51,53-58,60-62,64-66,68-69,77-78,80,82-84H,6,18-25,27-36,38-41,43H2,1H3. The number of nitrogens with one attached hydrogen (secondary N) is 1. The molecule has 25 unspecified atom stereocenters. The zero-order valence-electron chi connectivity index (χ0n) is 50.5. The van der Waals surface area contributed by atoms with E-state index in [1.165, 1.54) is 42.2 Å². The molecule has 10 nitrogen and oxygen atoms in total. The predicted octanol–water partition coefficient (Wildman–Crippen LogP) is 10.3. The second-order valence-corrected chi connectivity index (χ2v) is 31.6. The van der Waals surface area contributed by atoms with Gasteiger partial charge in [-0.25, -0.2) is 4.79 Å². The lowest BCUT2D eigenvalue weighted by molar-refractivity contribution is -0.373. The number of fused-ring (bicyclic) bond motifs is 13. The van der Waals surface area contributed by atoms with Crippen LogP contribution < -0.4 is 5.32 Å². The molecule has 18 rings (SSSR count). The number of aliphatic hydroxyl groups excluding tert-OH is 2. The molecule has 86 heavy (non-hydrogen) atoms. The molecule has 14 bridgehead atoms. The van der Waals surface area contributed by atoms with Gasteiger partial charge in [-0.1, -0.05) is 90.7 Å². The summed E-state index contributed by atoms with van der Waals surface area (Å²) in [6.45, 7) is -0.475. The van der Waals surface area contributed by atoms with E-state index in [-0.39, 0.29) is 85.7 Å². The Morgan fingerprint density at radius 3 is 2.43 bits per heavy atom. The average molecular weight is 1160 g/mol. The molecule has 15 aliphatic rings. The van der Waals surface area contributed by atoms with Crippen molar-refractivity contribution in [1.82, 2.24) is 5.32 Å². The van der Waals surface area contributed by atoms with Crippen molar-refractivity contribution < 1.29 is 44.6 Å². The Labute approximate surface area is 508 Å². The fraction of sp³-hybridized carbons (Fsp3) is 0.658. The third-order valence-electron chi connectivity index (χ3n) is 29.4. The highest BCUT2D eigenvalue weighted by Crippen LogP contribution is 2.84. The summed E-state index contributed by atoms with van der Waals surface area (Å²) in [5.74, 6) is 7.59. The third kappa shape index (κ3) is 7.18. The SMILES string of the molecule is CNC1Cc2c(cccc2CO)C#CCCC23CCC4C(O)(CC5CC6C7C=CCC6C6CCC(Cc8cccc(c8)CC8CC9CC%10CC(c%11ccccc%11)CCC%10C9%10CC4(C=O)C5(O)C(C7)C%10O8)C6)C2(O)CC2CC1C1OC(=O)C=C1C23CO. The second kappa shape index (κ2) is 19.8. The highest BCUT2D eigenvalue weighted by Gasteiger charge is 2.88. The molecule has 2 spiro atoms. The van der Waals surface area contributed by atoms with Gasteiger partial charge >= 0.3 is 5.97 Å². The van der Waals surface area contributed by atoms with Crippen molar-refractivity contribution in [2.24, 2.45) is 98.6 Å². The van der Waals surface area contributed by atoms with Gasteiger partial charge in [-0.15, -0.1) is 0 Å². The molecule has 9 saturated carbocycles. The van der Waals surface area contributed by atoms with E-state index in [9.17, 15) is 15.0 Å². The first-order valence-electron chi connectivity index (χ1n) is 34.3. The number of aldehydes is 1. The van der Waals surface area contributed by atoms with Crippen LogP contribution in [0.4, 0.5) is 0 Å². The third-order valence-corrected chi connectivity index (χ3v) is 29.4. The number of esters is 1. The summed E-state index contributed by atoms with van der Waals surface area (Å²) in [6.07, 6.45) is 23.1. The Bertz CT molecular complexity index is 3370. The van der Waals surface area contributed by atoms with Crippen LogP contribution in [0.5, 0.6) is 0 Å². The molecule has 6 N–H and O–H groups in total.